The van der Waals surface area contributed by atoms with Gasteiger partial charge in [-0.15, -0.1) is 0 Å². The molecular weight excluding hydrogens is 275 g/mol. The van der Waals surface area contributed by atoms with Crippen molar-refractivity contribution in [2.75, 3.05) is 21.2 Å². The molecule has 0 spiro atoms. The zero-order valence-electron chi connectivity index (χ0n) is 12.4. The first-order valence-electron chi connectivity index (χ1n) is 6.43. The van der Waals surface area contributed by atoms with Crippen molar-refractivity contribution >= 4 is 12.0 Å². The van der Waals surface area contributed by atoms with Gasteiger partial charge >= 0.3 is 12.0 Å². The summed E-state index contributed by atoms with van der Waals surface area (Å²) in [6.45, 7) is 1.69. The van der Waals surface area contributed by atoms with Gasteiger partial charge in [0, 0.05) is 19.8 Å². The second-order valence-corrected chi connectivity index (χ2v) is 4.90. The number of esters is 1. The predicted molar refractivity (Wildman–Crippen MR) is 74.8 cm³/mol. The Morgan fingerprint density at radius 3 is 2.33 bits per heavy atom. The Hall–Kier alpha value is -2.37. The fraction of sp³-hybridized carbons (Fsp3) is 0.333. The summed E-state index contributed by atoms with van der Waals surface area (Å²) in [6, 6.07) is 4.89. The quantitative estimate of drug-likeness (QED) is 0.786. The molecule has 6 heteroatoms. The Morgan fingerprint density at radius 2 is 1.81 bits per heavy atom. The number of carbonyl (C=O) groups is 2. The van der Waals surface area contributed by atoms with Gasteiger partial charge in [0.15, 0.2) is 0 Å². The van der Waals surface area contributed by atoms with E-state index in [1.165, 1.54) is 29.0 Å². The van der Waals surface area contributed by atoms with Gasteiger partial charge in [-0.05, 0) is 24.6 Å². The number of hydrogen-bond donors (Lipinski definition) is 0. The van der Waals surface area contributed by atoms with E-state index < -0.39 is 12.0 Å². The summed E-state index contributed by atoms with van der Waals surface area (Å²) in [6.07, 6.45) is 0. The molecule has 1 atom stereocenters. The molecule has 0 unspecified atom stereocenters. The highest BCUT2D eigenvalue weighted by molar-refractivity contribution is 5.94. The van der Waals surface area contributed by atoms with E-state index in [1.54, 1.807) is 33.2 Å². The highest BCUT2D eigenvalue weighted by Gasteiger charge is 2.38. The topological polar surface area (TPSA) is 49.9 Å². The number of hydrogen-bond acceptors (Lipinski definition) is 3. The summed E-state index contributed by atoms with van der Waals surface area (Å²) in [5.41, 5.74) is 1.55. The van der Waals surface area contributed by atoms with Crippen molar-refractivity contribution in [2.45, 2.75) is 13.0 Å². The van der Waals surface area contributed by atoms with E-state index in [4.69, 9.17) is 4.74 Å². The number of methoxy groups -OCH3 is 1. The largest absolute Gasteiger partial charge is 0.466 e. The fourth-order valence-electron chi connectivity index (χ4n) is 2.47. The van der Waals surface area contributed by atoms with Gasteiger partial charge in [0.2, 0.25) is 0 Å². The summed E-state index contributed by atoms with van der Waals surface area (Å²) >= 11 is 0. The van der Waals surface area contributed by atoms with Crippen LogP contribution in [-0.4, -0.2) is 43.0 Å². The van der Waals surface area contributed by atoms with Crippen molar-refractivity contribution in [3.05, 3.63) is 46.9 Å². The van der Waals surface area contributed by atoms with E-state index in [0.717, 1.165) is 0 Å². The third-order valence-electron chi connectivity index (χ3n) is 3.73. The van der Waals surface area contributed by atoms with Gasteiger partial charge in [0.1, 0.15) is 5.82 Å². The van der Waals surface area contributed by atoms with Gasteiger partial charge in [-0.1, -0.05) is 12.1 Å². The molecule has 0 fully saturated rings. The molecule has 2 amide bonds. The molecule has 0 aliphatic carbocycles. The number of allylic oxidation sites excluding steroid dienone is 1. The first-order valence-corrected chi connectivity index (χ1v) is 6.43. The van der Waals surface area contributed by atoms with Crippen molar-refractivity contribution in [2.24, 2.45) is 0 Å². The predicted octanol–water partition coefficient (Wildman–Crippen LogP) is 2.31. The molecule has 1 aromatic rings. The number of likely N-dealkylation sites (N-methyl/N-ethyl adjacent to an activating group) is 1. The van der Waals surface area contributed by atoms with Gasteiger partial charge in [-0.2, -0.15) is 0 Å². The molecule has 5 nitrogen and oxygen atoms in total. The van der Waals surface area contributed by atoms with Crippen LogP contribution >= 0.6 is 0 Å². The Kier molecular flexibility index (Phi) is 3.97. The second-order valence-electron chi connectivity index (χ2n) is 4.90. The molecule has 1 aliphatic heterocycles. The fourth-order valence-corrected chi connectivity index (χ4v) is 2.47. The Morgan fingerprint density at radius 1 is 1.24 bits per heavy atom. The molecule has 1 aromatic carbocycles. The monoisotopic (exact) mass is 292 g/mol. The van der Waals surface area contributed by atoms with Crippen molar-refractivity contribution in [1.29, 1.82) is 0 Å². The number of benzene rings is 1. The summed E-state index contributed by atoms with van der Waals surface area (Å²) in [7, 11) is 4.49. The van der Waals surface area contributed by atoms with Crippen LogP contribution in [0, 0.1) is 5.82 Å². The maximum Gasteiger partial charge on any atom is 0.337 e. The van der Waals surface area contributed by atoms with E-state index in [9.17, 15) is 14.0 Å². The molecule has 2 rings (SSSR count). The minimum Gasteiger partial charge on any atom is -0.466 e. The maximum absolute atomic E-state index is 13.1. The Labute approximate surface area is 122 Å². The molecule has 1 heterocycles. The number of nitrogens with zero attached hydrogens (tertiary/aromatic N) is 2. The average Bonchev–Trinajstić information content (AvgIpc) is 2.49. The normalized spacial score (nSPS) is 19.1. The van der Waals surface area contributed by atoms with Crippen molar-refractivity contribution in [3.8, 4) is 0 Å². The van der Waals surface area contributed by atoms with E-state index in [0.29, 0.717) is 16.8 Å². The molecule has 21 heavy (non-hydrogen) atoms. The lowest BCUT2D eigenvalue weighted by Crippen LogP contribution is -2.47. The number of carbonyl (C=O) groups excluding carboxylic acids is 2. The molecule has 0 bridgehead atoms. The lowest BCUT2D eigenvalue weighted by atomic mass is 9.94. The minimum absolute atomic E-state index is 0.241. The highest BCUT2D eigenvalue weighted by atomic mass is 19.1. The molecule has 0 aromatic heterocycles. The summed E-state index contributed by atoms with van der Waals surface area (Å²) in [5.74, 6) is -0.881. The zero-order valence-corrected chi connectivity index (χ0v) is 12.4. The van der Waals surface area contributed by atoms with Crippen molar-refractivity contribution in [1.82, 2.24) is 9.80 Å². The number of ether oxygens (including phenoxy) is 1. The minimum atomic E-state index is -0.596. The lowest BCUT2D eigenvalue weighted by Gasteiger charge is -2.39. The first-order chi connectivity index (χ1) is 9.88. The third kappa shape index (κ3) is 2.49. The molecule has 0 N–H and O–H groups in total. The summed E-state index contributed by atoms with van der Waals surface area (Å²) in [4.78, 5) is 27.2. The molecule has 1 aliphatic rings. The number of amides is 2. The molecule has 0 saturated carbocycles. The van der Waals surface area contributed by atoms with Crippen molar-refractivity contribution in [3.63, 3.8) is 0 Å². The third-order valence-corrected chi connectivity index (χ3v) is 3.73. The van der Waals surface area contributed by atoms with Crippen LogP contribution in [0.25, 0.3) is 0 Å². The maximum atomic E-state index is 13.1. The van der Waals surface area contributed by atoms with Gasteiger partial charge in [-0.25, -0.2) is 14.0 Å². The van der Waals surface area contributed by atoms with Crippen LogP contribution in [0.3, 0.4) is 0 Å². The van der Waals surface area contributed by atoms with Crippen LogP contribution in [0.4, 0.5) is 9.18 Å². The van der Waals surface area contributed by atoms with E-state index in [-0.39, 0.29) is 11.8 Å². The van der Waals surface area contributed by atoms with Crippen LogP contribution in [0.1, 0.15) is 18.5 Å². The van der Waals surface area contributed by atoms with Crippen LogP contribution < -0.4 is 0 Å². The molecule has 112 valence electrons. The zero-order chi connectivity index (χ0) is 15.7. The van der Waals surface area contributed by atoms with Gasteiger partial charge in [-0.3, -0.25) is 0 Å². The molecule has 0 saturated heterocycles. The Balaban J connectivity index is 2.60. The van der Waals surface area contributed by atoms with E-state index in [2.05, 4.69) is 0 Å². The number of halogens is 1. The van der Waals surface area contributed by atoms with Gasteiger partial charge in [0.05, 0.1) is 18.7 Å². The standard InChI is InChI=1S/C15H17FN2O3/c1-9-12(14(19)21-4)13(18(3)15(20)17(9)2)10-5-7-11(16)8-6-10/h5-8,13H,1-4H3/t13-/m1/s1. The lowest BCUT2D eigenvalue weighted by molar-refractivity contribution is -0.137. The Bertz CT molecular complexity index is 610. The summed E-state index contributed by atoms with van der Waals surface area (Å²) < 4.78 is 17.9. The van der Waals surface area contributed by atoms with Crippen LogP contribution in [0.2, 0.25) is 0 Å². The number of rotatable bonds is 2. The van der Waals surface area contributed by atoms with E-state index in [1.807, 2.05) is 0 Å². The molecule has 0 radical (unpaired) electrons. The van der Waals surface area contributed by atoms with E-state index >= 15 is 0 Å². The molecular formula is C15H17FN2O3. The van der Waals surface area contributed by atoms with Crippen LogP contribution in [-0.2, 0) is 9.53 Å². The smallest absolute Gasteiger partial charge is 0.337 e. The second kappa shape index (κ2) is 5.55. The van der Waals surface area contributed by atoms with Crippen LogP contribution in [0.5, 0.6) is 0 Å². The SMILES string of the molecule is COC(=O)C1=C(C)N(C)C(=O)N(C)[C@@H]1c1ccc(F)cc1. The first kappa shape index (κ1) is 15.0. The van der Waals surface area contributed by atoms with Crippen LogP contribution in [0.15, 0.2) is 35.5 Å². The number of urea groups is 1. The van der Waals surface area contributed by atoms with Gasteiger partial charge in [0.25, 0.3) is 0 Å². The van der Waals surface area contributed by atoms with Crippen molar-refractivity contribution < 1.29 is 18.7 Å². The highest BCUT2D eigenvalue weighted by Crippen LogP contribution is 2.36. The van der Waals surface area contributed by atoms with Gasteiger partial charge < -0.3 is 14.5 Å². The summed E-state index contributed by atoms with van der Waals surface area (Å²) in [5, 5.41) is 0. The average molecular weight is 292 g/mol.